The molecule has 2 aromatic carbocycles. The van der Waals surface area contributed by atoms with Crippen molar-refractivity contribution in [2.45, 2.75) is 13.1 Å². The van der Waals surface area contributed by atoms with Gasteiger partial charge in [-0.05, 0) is 49.4 Å². The number of aryl methyl sites for hydroxylation is 1. The average molecular weight is 390 g/mol. The predicted molar refractivity (Wildman–Crippen MR) is 94.8 cm³/mol. The van der Waals surface area contributed by atoms with Crippen LogP contribution < -0.4 is 10.1 Å². The van der Waals surface area contributed by atoms with Gasteiger partial charge in [0.1, 0.15) is 11.5 Å². The van der Waals surface area contributed by atoms with Gasteiger partial charge in [-0.2, -0.15) is 17.6 Å². The van der Waals surface area contributed by atoms with Crippen molar-refractivity contribution in [3.63, 3.8) is 0 Å². The number of benzene rings is 2. The molecule has 1 aromatic heterocycles. The molecule has 0 fully saturated rings. The average Bonchev–Trinajstić information content (AvgIpc) is 2.61. The summed E-state index contributed by atoms with van der Waals surface area (Å²) in [5, 5.41) is 2.62. The highest BCUT2D eigenvalue weighted by Gasteiger charge is 2.30. The Balaban J connectivity index is 1.76. The molecule has 0 aliphatic carbocycles. The van der Waals surface area contributed by atoms with Gasteiger partial charge in [0.2, 0.25) is 5.95 Å². The third-order valence-corrected chi connectivity index (χ3v) is 3.79. The van der Waals surface area contributed by atoms with Crippen molar-refractivity contribution in [1.29, 1.82) is 0 Å². The summed E-state index contributed by atoms with van der Waals surface area (Å²) in [4.78, 5) is 15.9. The Labute approximate surface area is 157 Å². The number of ether oxygens (including phenoxy) is 1. The van der Waals surface area contributed by atoms with E-state index in [1.54, 1.807) is 18.2 Å². The fourth-order valence-electron chi connectivity index (χ4n) is 2.48. The summed E-state index contributed by atoms with van der Waals surface area (Å²) >= 11 is 0. The minimum absolute atomic E-state index is 0.0110. The largest absolute Gasteiger partial charge is 0.457 e. The molecule has 1 amide bonds. The number of aromatic nitrogens is 1. The molecular formula is C20H14F4N2O2. The summed E-state index contributed by atoms with van der Waals surface area (Å²) < 4.78 is 56.9. The van der Waals surface area contributed by atoms with Crippen LogP contribution in [0.2, 0.25) is 0 Å². The normalized spacial score (nSPS) is 11.2. The number of anilines is 1. The number of alkyl halides is 3. The van der Waals surface area contributed by atoms with Crippen molar-refractivity contribution in [1.82, 2.24) is 4.98 Å². The van der Waals surface area contributed by atoms with Gasteiger partial charge in [-0.15, -0.1) is 0 Å². The maximum atomic E-state index is 13.1. The molecule has 0 aliphatic heterocycles. The molecule has 1 heterocycles. The van der Waals surface area contributed by atoms with Crippen LogP contribution in [-0.4, -0.2) is 10.9 Å². The van der Waals surface area contributed by atoms with Gasteiger partial charge in [0.25, 0.3) is 5.91 Å². The second kappa shape index (κ2) is 7.67. The first-order valence-corrected chi connectivity index (χ1v) is 8.12. The van der Waals surface area contributed by atoms with Gasteiger partial charge in [0, 0.05) is 11.8 Å². The molecule has 8 heteroatoms. The lowest BCUT2D eigenvalue weighted by molar-refractivity contribution is -0.137. The molecule has 28 heavy (non-hydrogen) atoms. The zero-order valence-electron chi connectivity index (χ0n) is 14.5. The molecular weight excluding hydrogens is 376 g/mol. The fraction of sp³-hybridized carbons (Fsp3) is 0.100. The minimum Gasteiger partial charge on any atom is -0.457 e. The number of carbonyl (C=O) groups excluding carboxylic acids is 1. The third kappa shape index (κ3) is 4.64. The smallest absolute Gasteiger partial charge is 0.416 e. The van der Waals surface area contributed by atoms with E-state index in [1.807, 2.05) is 0 Å². The van der Waals surface area contributed by atoms with Gasteiger partial charge < -0.3 is 10.1 Å². The van der Waals surface area contributed by atoms with Crippen molar-refractivity contribution in [3.8, 4) is 11.5 Å². The van der Waals surface area contributed by atoms with E-state index < -0.39 is 23.6 Å². The highest BCUT2D eigenvalue weighted by Crippen LogP contribution is 2.33. The lowest BCUT2D eigenvalue weighted by Gasteiger charge is -2.11. The SMILES string of the molecule is Cc1nc(F)ccc1C(=O)Nc1cccc(Oc2cccc(C(F)(F)F)c2)c1. The zero-order valence-corrected chi connectivity index (χ0v) is 14.5. The third-order valence-electron chi connectivity index (χ3n) is 3.79. The molecule has 0 spiro atoms. The zero-order chi connectivity index (χ0) is 20.3. The topological polar surface area (TPSA) is 51.2 Å². The number of hydrogen-bond acceptors (Lipinski definition) is 3. The van der Waals surface area contributed by atoms with Gasteiger partial charge in [0.15, 0.2) is 0 Å². The quantitative estimate of drug-likeness (QED) is 0.467. The first-order valence-electron chi connectivity index (χ1n) is 8.12. The Kier molecular flexibility index (Phi) is 5.30. The van der Waals surface area contributed by atoms with Crippen molar-refractivity contribution in [2.24, 2.45) is 0 Å². The summed E-state index contributed by atoms with van der Waals surface area (Å²) in [5.41, 5.74) is -0.0357. The molecule has 0 radical (unpaired) electrons. The van der Waals surface area contributed by atoms with Crippen LogP contribution in [0, 0.1) is 12.9 Å². The van der Waals surface area contributed by atoms with E-state index in [9.17, 15) is 22.4 Å². The molecule has 0 atom stereocenters. The second-order valence-electron chi connectivity index (χ2n) is 5.88. The van der Waals surface area contributed by atoms with E-state index >= 15 is 0 Å². The minimum atomic E-state index is -4.48. The van der Waals surface area contributed by atoms with Crippen LogP contribution >= 0.6 is 0 Å². The molecule has 1 N–H and O–H groups in total. The molecule has 0 aliphatic rings. The maximum absolute atomic E-state index is 13.1. The van der Waals surface area contributed by atoms with Crippen molar-refractivity contribution in [2.75, 3.05) is 5.32 Å². The molecule has 3 aromatic rings. The summed E-state index contributed by atoms with van der Waals surface area (Å²) in [7, 11) is 0. The van der Waals surface area contributed by atoms with Crippen LogP contribution in [0.15, 0.2) is 60.7 Å². The monoisotopic (exact) mass is 390 g/mol. The van der Waals surface area contributed by atoms with E-state index in [0.717, 1.165) is 18.2 Å². The van der Waals surface area contributed by atoms with Crippen molar-refractivity contribution in [3.05, 3.63) is 83.4 Å². The predicted octanol–water partition coefficient (Wildman–Crippen LogP) is 5.59. The number of halogens is 4. The maximum Gasteiger partial charge on any atom is 0.416 e. The van der Waals surface area contributed by atoms with Gasteiger partial charge in [-0.25, -0.2) is 4.98 Å². The van der Waals surface area contributed by atoms with Gasteiger partial charge >= 0.3 is 6.18 Å². The molecule has 144 valence electrons. The van der Waals surface area contributed by atoms with E-state index in [0.29, 0.717) is 5.69 Å². The summed E-state index contributed by atoms with van der Waals surface area (Å²) in [6.45, 7) is 1.51. The van der Waals surface area contributed by atoms with E-state index in [-0.39, 0.29) is 22.8 Å². The summed E-state index contributed by atoms with van der Waals surface area (Å²) in [5.74, 6) is -0.935. The highest BCUT2D eigenvalue weighted by atomic mass is 19.4. The molecule has 0 saturated carbocycles. The first kappa shape index (κ1) is 19.3. The van der Waals surface area contributed by atoms with Crippen LogP contribution in [0.1, 0.15) is 21.6 Å². The van der Waals surface area contributed by atoms with E-state index in [1.165, 1.54) is 31.2 Å². The van der Waals surface area contributed by atoms with Gasteiger partial charge in [0.05, 0.1) is 16.8 Å². The Hall–Kier alpha value is -3.42. The first-order chi connectivity index (χ1) is 13.2. The number of rotatable bonds is 4. The number of carbonyl (C=O) groups is 1. The lowest BCUT2D eigenvalue weighted by atomic mass is 10.2. The molecule has 0 bridgehead atoms. The van der Waals surface area contributed by atoms with Gasteiger partial charge in [-0.3, -0.25) is 4.79 Å². The number of nitrogens with zero attached hydrogens (tertiary/aromatic N) is 1. The Morgan fingerprint density at radius 3 is 2.36 bits per heavy atom. The van der Waals surface area contributed by atoms with Crippen molar-refractivity contribution >= 4 is 11.6 Å². The van der Waals surface area contributed by atoms with Crippen LogP contribution in [0.3, 0.4) is 0 Å². The molecule has 4 nitrogen and oxygen atoms in total. The molecule has 0 unspecified atom stereocenters. The molecule has 3 rings (SSSR count). The highest BCUT2D eigenvalue weighted by molar-refractivity contribution is 6.05. The van der Waals surface area contributed by atoms with Crippen LogP contribution in [0.4, 0.5) is 23.2 Å². The van der Waals surface area contributed by atoms with E-state index in [2.05, 4.69) is 10.3 Å². The Morgan fingerprint density at radius 1 is 1.00 bits per heavy atom. The standard InChI is InChI=1S/C20H14F4N2O2/c1-12-17(8-9-18(21)25-12)19(27)26-14-5-3-7-16(11-14)28-15-6-2-4-13(10-15)20(22,23)24/h2-11H,1H3,(H,26,27). The molecule has 0 saturated heterocycles. The van der Waals surface area contributed by atoms with Gasteiger partial charge in [-0.1, -0.05) is 12.1 Å². The summed E-state index contributed by atoms with van der Waals surface area (Å²) in [6, 6.07) is 13.0. The Bertz CT molecular complexity index is 1020. The van der Waals surface area contributed by atoms with Crippen LogP contribution in [0.5, 0.6) is 11.5 Å². The number of nitrogens with one attached hydrogen (secondary N) is 1. The van der Waals surface area contributed by atoms with Crippen LogP contribution in [-0.2, 0) is 6.18 Å². The van der Waals surface area contributed by atoms with Crippen molar-refractivity contribution < 1.29 is 27.1 Å². The Morgan fingerprint density at radius 2 is 1.68 bits per heavy atom. The van der Waals surface area contributed by atoms with Crippen LogP contribution in [0.25, 0.3) is 0 Å². The number of pyridine rings is 1. The number of amides is 1. The summed E-state index contributed by atoms with van der Waals surface area (Å²) in [6.07, 6.45) is -4.48. The van der Waals surface area contributed by atoms with E-state index in [4.69, 9.17) is 4.74 Å². The lowest BCUT2D eigenvalue weighted by Crippen LogP contribution is -2.14. The second-order valence-corrected chi connectivity index (χ2v) is 5.88. The fourth-order valence-corrected chi connectivity index (χ4v) is 2.48. The number of hydrogen-bond donors (Lipinski definition) is 1.